The lowest BCUT2D eigenvalue weighted by Gasteiger charge is -2.20. The summed E-state index contributed by atoms with van der Waals surface area (Å²) in [6, 6.07) is 0. The predicted molar refractivity (Wildman–Crippen MR) is 75.2 cm³/mol. The van der Waals surface area contributed by atoms with Crippen LogP contribution in [0.3, 0.4) is 0 Å². The summed E-state index contributed by atoms with van der Waals surface area (Å²) in [6.07, 6.45) is 6.17. The minimum atomic E-state index is 0.591. The van der Waals surface area contributed by atoms with Crippen LogP contribution in [0.15, 0.2) is 10.7 Å². The maximum Gasteiger partial charge on any atom is 0.261 e. The van der Waals surface area contributed by atoms with E-state index in [9.17, 15) is 0 Å². The molecular formula is C14H21N5O. The highest BCUT2D eigenvalue weighted by atomic mass is 16.5. The van der Waals surface area contributed by atoms with Crippen LogP contribution in [-0.4, -0.2) is 33.0 Å². The molecule has 0 saturated carbocycles. The van der Waals surface area contributed by atoms with Crippen molar-refractivity contribution in [1.82, 2.24) is 25.2 Å². The number of piperidine rings is 1. The van der Waals surface area contributed by atoms with Crippen molar-refractivity contribution < 1.29 is 4.52 Å². The van der Waals surface area contributed by atoms with Gasteiger partial charge in [0, 0.05) is 19.7 Å². The van der Waals surface area contributed by atoms with Crippen LogP contribution >= 0.6 is 0 Å². The highest BCUT2D eigenvalue weighted by molar-refractivity contribution is 5.55. The lowest BCUT2D eigenvalue weighted by atomic mass is 9.96. The fourth-order valence-corrected chi connectivity index (χ4v) is 2.78. The Morgan fingerprint density at radius 1 is 1.50 bits per heavy atom. The van der Waals surface area contributed by atoms with Crippen molar-refractivity contribution in [2.45, 2.75) is 32.6 Å². The van der Waals surface area contributed by atoms with Crippen LogP contribution in [0.2, 0.25) is 0 Å². The van der Waals surface area contributed by atoms with E-state index in [2.05, 4.69) is 27.5 Å². The zero-order chi connectivity index (χ0) is 13.9. The third-order valence-corrected chi connectivity index (χ3v) is 3.81. The fraction of sp³-hybridized carbons (Fsp3) is 0.643. The second-order valence-electron chi connectivity index (χ2n) is 5.45. The first-order valence-corrected chi connectivity index (χ1v) is 7.32. The van der Waals surface area contributed by atoms with Gasteiger partial charge in [0.05, 0.1) is 11.3 Å². The SMILES string of the molecule is CCc1nn(C)cc1-c1nc(CC2CCCNC2)no1. The van der Waals surface area contributed by atoms with Crippen LogP contribution in [0.5, 0.6) is 0 Å². The first kappa shape index (κ1) is 13.3. The Bertz CT molecular complexity index is 568. The number of rotatable bonds is 4. The summed E-state index contributed by atoms with van der Waals surface area (Å²) in [5.41, 5.74) is 1.96. The summed E-state index contributed by atoms with van der Waals surface area (Å²) < 4.78 is 7.21. The molecule has 20 heavy (non-hydrogen) atoms. The van der Waals surface area contributed by atoms with Gasteiger partial charge in [-0.3, -0.25) is 4.68 Å². The van der Waals surface area contributed by atoms with E-state index in [-0.39, 0.29) is 0 Å². The first-order valence-electron chi connectivity index (χ1n) is 7.32. The van der Waals surface area contributed by atoms with E-state index < -0.39 is 0 Å². The van der Waals surface area contributed by atoms with Crippen molar-refractivity contribution in [2.24, 2.45) is 13.0 Å². The molecule has 0 aromatic carbocycles. The smallest absolute Gasteiger partial charge is 0.261 e. The van der Waals surface area contributed by atoms with Gasteiger partial charge in [0.25, 0.3) is 5.89 Å². The maximum atomic E-state index is 5.41. The van der Waals surface area contributed by atoms with Gasteiger partial charge < -0.3 is 9.84 Å². The van der Waals surface area contributed by atoms with Gasteiger partial charge in [-0.25, -0.2) is 0 Å². The molecule has 1 unspecified atom stereocenters. The molecule has 108 valence electrons. The van der Waals surface area contributed by atoms with Gasteiger partial charge >= 0.3 is 0 Å². The second-order valence-corrected chi connectivity index (χ2v) is 5.45. The zero-order valence-electron chi connectivity index (χ0n) is 12.1. The molecule has 2 aromatic heterocycles. The van der Waals surface area contributed by atoms with E-state index in [0.717, 1.165) is 43.0 Å². The molecule has 2 aromatic rings. The first-order chi connectivity index (χ1) is 9.76. The van der Waals surface area contributed by atoms with Crippen molar-refractivity contribution in [3.8, 4) is 11.5 Å². The molecule has 1 N–H and O–H groups in total. The molecule has 1 saturated heterocycles. The number of hydrogen-bond donors (Lipinski definition) is 1. The molecule has 6 heteroatoms. The number of nitrogens with one attached hydrogen (secondary N) is 1. The summed E-state index contributed by atoms with van der Waals surface area (Å²) in [6.45, 7) is 4.26. The topological polar surface area (TPSA) is 68.8 Å². The maximum absolute atomic E-state index is 5.41. The van der Waals surface area contributed by atoms with Crippen LogP contribution in [0.25, 0.3) is 11.5 Å². The molecule has 0 amide bonds. The Hall–Kier alpha value is -1.69. The quantitative estimate of drug-likeness (QED) is 0.917. The van der Waals surface area contributed by atoms with Gasteiger partial charge in [-0.1, -0.05) is 12.1 Å². The Balaban J connectivity index is 1.75. The predicted octanol–water partition coefficient (Wildman–Crippen LogP) is 1.57. The van der Waals surface area contributed by atoms with Crippen LogP contribution in [0.4, 0.5) is 0 Å². The molecule has 0 radical (unpaired) electrons. The normalized spacial score (nSPS) is 19.4. The van der Waals surface area contributed by atoms with Gasteiger partial charge in [0.2, 0.25) is 0 Å². The van der Waals surface area contributed by atoms with Gasteiger partial charge in [-0.2, -0.15) is 10.1 Å². The Morgan fingerprint density at radius 3 is 3.15 bits per heavy atom. The molecule has 0 aliphatic carbocycles. The molecular weight excluding hydrogens is 254 g/mol. The van der Waals surface area contributed by atoms with E-state index in [1.807, 2.05) is 13.2 Å². The van der Waals surface area contributed by atoms with E-state index in [1.165, 1.54) is 12.8 Å². The van der Waals surface area contributed by atoms with E-state index >= 15 is 0 Å². The van der Waals surface area contributed by atoms with Crippen molar-refractivity contribution in [3.63, 3.8) is 0 Å². The molecule has 0 spiro atoms. The molecule has 3 rings (SSSR count). The summed E-state index contributed by atoms with van der Waals surface area (Å²) in [5, 5.41) is 11.9. The highest BCUT2D eigenvalue weighted by Crippen LogP contribution is 2.22. The monoisotopic (exact) mass is 275 g/mol. The average molecular weight is 275 g/mol. The Kier molecular flexibility index (Phi) is 3.82. The van der Waals surface area contributed by atoms with Gasteiger partial charge in [-0.15, -0.1) is 0 Å². The highest BCUT2D eigenvalue weighted by Gasteiger charge is 2.19. The number of hydrogen-bond acceptors (Lipinski definition) is 5. The Labute approximate surface area is 118 Å². The minimum absolute atomic E-state index is 0.591. The molecule has 1 fully saturated rings. The van der Waals surface area contributed by atoms with E-state index in [1.54, 1.807) is 4.68 Å². The van der Waals surface area contributed by atoms with Crippen LogP contribution in [-0.2, 0) is 19.9 Å². The van der Waals surface area contributed by atoms with Gasteiger partial charge in [0.1, 0.15) is 0 Å². The third kappa shape index (κ3) is 2.75. The molecule has 1 aliphatic rings. The summed E-state index contributed by atoms with van der Waals surface area (Å²) in [7, 11) is 1.91. The summed E-state index contributed by atoms with van der Waals surface area (Å²) in [4.78, 5) is 4.54. The number of aromatic nitrogens is 4. The molecule has 6 nitrogen and oxygen atoms in total. The summed E-state index contributed by atoms with van der Waals surface area (Å²) >= 11 is 0. The van der Waals surface area contributed by atoms with Crippen molar-refractivity contribution in [2.75, 3.05) is 13.1 Å². The molecule has 0 bridgehead atoms. The molecule has 1 aliphatic heterocycles. The third-order valence-electron chi connectivity index (χ3n) is 3.81. The van der Waals surface area contributed by atoms with Crippen LogP contribution < -0.4 is 5.32 Å². The van der Waals surface area contributed by atoms with Crippen molar-refractivity contribution in [3.05, 3.63) is 17.7 Å². The Morgan fingerprint density at radius 2 is 2.40 bits per heavy atom. The van der Waals surface area contributed by atoms with E-state index in [4.69, 9.17) is 4.52 Å². The average Bonchev–Trinajstić information content (AvgIpc) is 3.06. The molecule has 1 atom stereocenters. The van der Waals surface area contributed by atoms with Crippen LogP contribution in [0, 0.1) is 5.92 Å². The van der Waals surface area contributed by atoms with Gasteiger partial charge in [0.15, 0.2) is 5.82 Å². The number of nitrogens with zero attached hydrogens (tertiary/aromatic N) is 4. The largest absolute Gasteiger partial charge is 0.334 e. The van der Waals surface area contributed by atoms with Crippen molar-refractivity contribution in [1.29, 1.82) is 0 Å². The second kappa shape index (κ2) is 5.75. The lowest BCUT2D eigenvalue weighted by Crippen LogP contribution is -2.31. The molecule has 3 heterocycles. The van der Waals surface area contributed by atoms with Gasteiger partial charge in [-0.05, 0) is 38.3 Å². The van der Waals surface area contributed by atoms with Crippen LogP contribution in [0.1, 0.15) is 31.3 Å². The zero-order valence-corrected chi connectivity index (χ0v) is 12.1. The minimum Gasteiger partial charge on any atom is -0.334 e. The standard InChI is InChI=1S/C14H21N5O/c1-3-12-11(9-19(2)17-12)14-16-13(18-20-14)7-10-5-4-6-15-8-10/h9-10,15H,3-8H2,1-2H3. The van der Waals surface area contributed by atoms with Crippen molar-refractivity contribution >= 4 is 0 Å². The summed E-state index contributed by atoms with van der Waals surface area (Å²) in [5.74, 6) is 2.02. The fourth-order valence-electron chi connectivity index (χ4n) is 2.78. The van der Waals surface area contributed by atoms with E-state index in [0.29, 0.717) is 11.8 Å². The number of aryl methyl sites for hydroxylation is 2. The lowest BCUT2D eigenvalue weighted by molar-refractivity contribution is 0.360.